The predicted molar refractivity (Wildman–Crippen MR) is 274 cm³/mol. The van der Waals surface area contributed by atoms with Crippen LogP contribution in [0.2, 0.25) is 0 Å². The molecule has 6 aromatic rings. The largest absolute Gasteiger partial charge is 0.491 e. The molecule has 4 N–H and O–H groups in total. The lowest BCUT2D eigenvalue weighted by Gasteiger charge is -2.36. The lowest BCUT2D eigenvalue weighted by Crippen LogP contribution is -2.46. The Kier molecular flexibility index (Phi) is 18.3. The van der Waals surface area contributed by atoms with Crippen LogP contribution in [0, 0.1) is 13.8 Å². The van der Waals surface area contributed by atoms with E-state index in [4.69, 9.17) is 18.9 Å². The topological polar surface area (TPSA) is 158 Å². The zero-order valence-electron chi connectivity index (χ0n) is 40.4. The van der Waals surface area contributed by atoms with Crippen LogP contribution in [-0.4, -0.2) is 125 Å². The first-order chi connectivity index (χ1) is 31.9. The van der Waals surface area contributed by atoms with Crippen LogP contribution in [0.4, 0.5) is 0 Å². The van der Waals surface area contributed by atoms with Crippen molar-refractivity contribution in [2.45, 2.75) is 117 Å². The molecule has 0 fully saturated rings. The average Bonchev–Trinajstić information content (AvgIpc) is 3.27. The van der Waals surface area contributed by atoms with Crippen LogP contribution in [0.1, 0.15) is 78.4 Å². The molecular formula is C53H70N2O10S2. The number of fused-ring (bicyclic) bond motifs is 4. The van der Waals surface area contributed by atoms with E-state index in [-0.39, 0.29) is 37.2 Å². The number of aliphatic hydroxyl groups excluding tert-OH is 4. The molecule has 0 aliphatic heterocycles. The third kappa shape index (κ3) is 14.3. The SMILES string of the molecule is CCCN(CC(O)COc1cc(C)c2sc3ccccc3c(=O)c2c1)CC(O)COC(C)(C)CCOC(C)(C)CC(O)N(CCC)CC(O)COc1cc(C)c2sc3ccccc3c(=O)c2c1. The van der Waals surface area contributed by atoms with Gasteiger partial charge in [0.15, 0.2) is 10.9 Å². The van der Waals surface area contributed by atoms with E-state index in [1.165, 1.54) is 0 Å². The van der Waals surface area contributed by atoms with Crippen molar-refractivity contribution in [2.75, 3.05) is 59.2 Å². The number of nitrogens with zero attached hydrogens (tertiary/aromatic N) is 2. The van der Waals surface area contributed by atoms with Crippen molar-refractivity contribution in [2.24, 2.45) is 0 Å². The summed E-state index contributed by atoms with van der Waals surface area (Å²) >= 11 is 3.16. The molecule has 67 heavy (non-hydrogen) atoms. The van der Waals surface area contributed by atoms with Gasteiger partial charge in [-0.15, -0.1) is 22.7 Å². The second-order valence-corrected chi connectivity index (χ2v) is 21.1. The molecule has 2 aromatic heterocycles. The fourth-order valence-electron chi connectivity index (χ4n) is 8.48. The van der Waals surface area contributed by atoms with Gasteiger partial charge in [-0.25, -0.2) is 0 Å². The molecule has 6 rings (SSSR count). The lowest BCUT2D eigenvalue weighted by molar-refractivity contribution is -0.118. The van der Waals surface area contributed by atoms with Gasteiger partial charge in [0, 0.05) is 72.9 Å². The summed E-state index contributed by atoms with van der Waals surface area (Å²) in [6.07, 6.45) is -0.941. The Morgan fingerprint density at radius 2 is 1.07 bits per heavy atom. The van der Waals surface area contributed by atoms with Crippen LogP contribution in [0.3, 0.4) is 0 Å². The highest BCUT2D eigenvalue weighted by Crippen LogP contribution is 2.32. The van der Waals surface area contributed by atoms with Crippen molar-refractivity contribution in [1.29, 1.82) is 0 Å². The van der Waals surface area contributed by atoms with Gasteiger partial charge >= 0.3 is 0 Å². The summed E-state index contributed by atoms with van der Waals surface area (Å²) in [6.45, 7) is 18.3. The summed E-state index contributed by atoms with van der Waals surface area (Å²) in [5.41, 5.74) is 0.497. The summed E-state index contributed by atoms with van der Waals surface area (Å²) in [7, 11) is 0. The first-order valence-corrected chi connectivity index (χ1v) is 25.1. The van der Waals surface area contributed by atoms with E-state index >= 15 is 0 Å². The summed E-state index contributed by atoms with van der Waals surface area (Å²) in [6, 6.07) is 22.5. The maximum absolute atomic E-state index is 13.3. The molecule has 2 heterocycles. The lowest BCUT2D eigenvalue weighted by atomic mass is 10.0. The minimum atomic E-state index is -0.892. The number of aliphatic hydroxyl groups is 4. The Morgan fingerprint density at radius 3 is 1.58 bits per heavy atom. The van der Waals surface area contributed by atoms with Gasteiger partial charge < -0.3 is 39.4 Å². The molecule has 0 spiro atoms. The van der Waals surface area contributed by atoms with Gasteiger partial charge in [-0.3, -0.25) is 19.4 Å². The zero-order chi connectivity index (χ0) is 48.5. The number of rotatable bonds is 26. The molecule has 4 unspecified atom stereocenters. The second kappa shape index (κ2) is 23.5. The number of hydrogen-bond donors (Lipinski definition) is 4. The van der Waals surface area contributed by atoms with Crippen molar-refractivity contribution in [1.82, 2.24) is 9.80 Å². The summed E-state index contributed by atoms with van der Waals surface area (Å²) in [5.74, 6) is 1.05. The van der Waals surface area contributed by atoms with Crippen LogP contribution in [0.25, 0.3) is 40.3 Å². The van der Waals surface area contributed by atoms with Crippen LogP contribution >= 0.6 is 22.7 Å². The molecule has 364 valence electrons. The normalized spacial score (nSPS) is 14.4. The van der Waals surface area contributed by atoms with Crippen molar-refractivity contribution < 1.29 is 39.4 Å². The number of benzene rings is 4. The summed E-state index contributed by atoms with van der Waals surface area (Å²) in [5, 5.41) is 47.1. The van der Waals surface area contributed by atoms with E-state index in [1.54, 1.807) is 34.8 Å². The molecule has 0 saturated carbocycles. The molecule has 0 saturated heterocycles. The molecule has 0 amide bonds. The first-order valence-electron chi connectivity index (χ1n) is 23.5. The Hall–Kier alpha value is -4.06. The number of aryl methyl sites for hydroxylation is 2. The van der Waals surface area contributed by atoms with Gasteiger partial charge in [-0.05, 0) is 127 Å². The molecule has 0 aliphatic rings. The molecule has 12 nitrogen and oxygen atoms in total. The van der Waals surface area contributed by atoms with Gasteiger partial charge in [-0.1, -0.05) is 38.1 Å². The zero-order valence-corrected chi connectivity index (χ0v) is 42.0. The number of ether oxygens (including phenoxy) is 4. The minimum Gasteiger partial charge on any atom is -0.491 e. The van der Waals surface area contributed by atoms with Crippen LogP contribution in [0.5, 0.6) is 11.5 Å². The molecule has 4 atom stereocenters. The fraction of sp³-hybridized carbons (Fsp3) is 0.509. The van der Waals surface area contributed by atoms with Crippen molar-refractivity contribution in [3.63, 3.8) is 0 Å². The molecule has 0 bridgehead atoms. The molecule has 14 heteroatoms. The Bertz CT molecular complexity index is 2700. The maximum Gasteiger partial charge on any atom is 0.196 e. The second-order valence-electron chi connectivity index (χ2n) is 19.0. The number of hydrogen-bond acceptors (Lipinski definition) is 14. The molecule has 4 aromatic carbocycles. The summed E-state index contributed by atoms with van der Waals surface area (Å²) in [4.78, 5) is 30.4. The van der Waals surface area contributed by atoms with E-state index in [0.29, 0.717) is 78.7 Å². The van der Waals surface area contributed by atoms with Crippen LogP contribution < -0.4 is 20.3 Å². The highest BCUT2D eigenvalue weighted by molar-refractivity contribution is 7.25. The van der Waals surface area contributed by atoms with Gasteiger partial charge in [-0.2, -0.15) is 0 Å². The summed E-state index contributed by atoms with van der Waals surface area (Å²) < 4.78 is 28.3. The first kappa shape index (κ1) is 52.3. The quantitative estimate of drug-likeness (QED) is 0.0305. The fourth-order valence-corrected chi connectivity index (χ4v) is 10.7. The average molecular weight is 959 g/mol. The van der Waals surface area contributed by atoms with Crippen molar-refractivity contribution in [3.8, 4) is 11.5 Å². The highest BCUT2D eigenvalue weighted by atomic mass is 32.1. The minimum absolute atomic E-state index is 0.00293. The van der Waals surface area contributed by atoms with Gasteiger partial charge in [0.1, 0.15) is 43.1 Å². The molecular weight excluding hydrogens is 889 g/mol. The monoisotopic (exact) mass is 958 g/mol. The van der Waals surface area contributed by atoms with E-state index in [0.717, 1.165) is 42.8 Å². The van der Waals surface area contributed by atoms with E-state index < -0.39 is 35.7 Å². The smallest absolute Gasteiger partial charge is 0.196 e. The maximum atomic E-state index is 13.3. The van der Waals surface area contributed by atoms with E-state index in [1.807, 2.05) is 126 Å². The van der Waals surface area contributed by atoms with Gasteiger partial charge in [0.05, 0.1) is 30.5 Å². The van der Waals surface area contributed by atoms with Gasteiger partial charge in [0.25, 0.3) is 0 Å². The van der Waals surface area contributed by atoms with Crippen molar-refractivity contribution in [3.05, 3.63) is 104 Å². The van der Waals surface area contributed by atoms with Crippen LogP contribution in [0.15, 0.2) is 82.4 Å². The van der Waals surface area contributed by atoms with Crippen molar-refractivity contribution >= 4 is 63.0 Å². The third-order valence-electron chi connectivity index (χ3n) is 12.0. The van der Waals surface area contributed by atoms with E-state index in [9.17, 15) is 30.0 Å². The molecule has 0 radical (unpaired) electrons. The van der Waals surface area contributed by atoms with Gasteiger partial charge in [0.2, 0.25) is 0 Å². The van der Waals surface area contributed by atoms with E-state index in [2.05, 4.69) is 0 Å². The Morgan fingerprint density at radius 1 is 0.597 bits per heavy atom. The Labute approximate surface area is 402 Å². The Balaban J connectivity index is 0.923. The van der Waals surface area contributed by atoms with Crippen LogP contribution in [-0.2, 0) is 9.47 Å². The standard InChI is InChI=1S/C53H70N2O10S2/c1-9-20-54(28-36(56)31-62-39-23-34(3)50-43(25-39)48(60)41-15-11-13-17-45(41)66-50)29-37(57)33-65-52(5,6)19-22-64-53(7,8)27-47(59)55(21-10-2)30-38(58)32-63-40-24-35(4)51-44(26-40)49(61)42-16-12-14-18-46(42)67-51/h11-18,23-26,36-38,47,56-59H,9-10,19-22,27-33H2,1-8H3. The molecule has 0 aliphatic carbocycles. The predicted octanol–water partition coefficient (Wildman–Crippen LogP) is 8.41. The highest BCUT2D eigenvalue weighted by Gasteiger charge is 2.30. The third-order valence-corrected chi connectivity index (χ3v) is 14.6.